The molecule has 4 N–H and O–H groups in total. The van der Waals surface area contributed by atoms with Crippen molar-refractivity contribution in [1.29, 1.82) is 0 Å². The van der Waals surface area contributed by atoms with E-state index < -0.39 is 33.4 Å². The van der Waals surface area contributed by atoms with Gasteiger partial charge in [-0.15, -0.1) is 0 Å². The fourth-order valence-corrected chi connectivity index (χ4v) is 4.71. The first-order valence-corrected chi connectivity index (χ1v) is 10.3. The summed E-state index contributed by atoms with van der Waals surface area (Å²) in [5.41, 5.74) is 0.824. The second kappa shape index (κ2) is 6.63. The normalized spacial score (nSPS) is 13.0. The highest BCUT2D eigenvalue weighted by atomic mass is 31.2. The van der Waals surface area contributed by atoms with Gasteiger partial charge in [-0.1, -0.05) is 42.5 Å². The van der Waals surface area contributed by atoms with Crippen molar-refractivity contribution in [3.8, 4) is 0 Å². The summed E-state index contributed by atoms with van der Waals surface area (Å²) in [4.78, 5) is 36.5. The van der Waals surface area contributed by atoms with E-state index in [2.05, 4.69) is 0 Å². The highest BCUT2D eigenvalue weighted by molar-refractivity contribution is 7.52. The predicted molar refractivity (Wildman–Crippen MR) is 85.0 cm³/mol. The van der Waals surface area contributed by atoms with Crippen LogP contribution >= 0.6 is 15.2 Å². The first kappa shape index (κ1) is 17.4. The fraction of sp³-hybridized carbons (Fsp3) is 0.286. The minimum Gasteiger partial charge on any atom is -0.324 e. The first-order valence-electron chi connectivity index (χ1n) is 6.70. The van der Waals surface area contributed by atoms with Crippen molar-refractivity contribution in [2.24, 2.45) is 5.92 Å². The maximum Gasteiger partial charge on any atom is 0.325 e. The lowest BCUT2D eigenvalue weighted by Crippen LogP contribution is -2.15. The van der Waals surface area contributed by atoms with E-state index >= 15 is 0 Å². The van der Waals surface area contributed by atoms with Gasteiger partial charge in [-0.3, -0.25) is 9.13 Å². The molecule has 0 radical (unpaired) electrons. The number of benzene rings is 2. The van der Waals surface area contributed by atoms with Gasteiger partial charge in [-0.25, -0.2) is 0 Å². The van der Waals surface area contributed by atoms with Crippen molar-refractivity contribution >= 4 is 26.0 Å². The summed E-state index contributed by atoms with van der Waals surface area (Å²) in [6.07, 6.45) is -0.875. The molecule has 0 aromatic heterocycles. The molecule has 2 aromatic rings. The van der Waals surface area contributed by atoms with Crippen LogP contribution in [0.4, 0.5) is 0 Å². The summed E-state index contributed by atoms with van der Waals surface area (Å²) in [5, 5.41) is 1.90. The van der Waals surface area contributed by atoms with Crippen LogP contribution in [0.1, 0.15) is 5.56 Å². The largest absolute Gasteiger partial charge is 0.325 e. The molecule has 2 rings (SSSR count). The number of hydrogen-bond donors (Lipinski definition) is 4. The molecule has 22 heavy (non-hydrogen) atoms. The van der Waals surface area contributed by atoms with Gasteiger partial charge in [0.15, 0.2) is 0 Å². The van der Waals surface area contributed by atoms with Crippen molar-refractivity contribution in [2.45, 2.75) is 6.42 Å². The van der Waals surface area contributed by atoms with E-state index in [0.29, 0.717) is 0 Å². The molecule has 0 atom stereocenters. The third-order valence-electron chi connectivity index (χ3n) is 3.38. The van der Waals surface area contributed by atoms with Gasteiger partial charge in [0.05, 0.1) is 12.3 Å². The van der Waals surface area contributed by atoms with Crippen LogP contribution in [0.5, 0.6) is 0 Å². The topological polar surface area (TPSA) is 115 Å². The lowest BCUT2D eigenvalue weighted by molar-refractivity contribution is 0.351. The highest BCUT2D eigenvalue weighted by Gasteiger charge is 2.28. The van der Waals surface area contributed by atoms with Gasteiger partial charge in [0, 0.05) is 0 Å². The minimum atomic E-state index is -4.35. The molecule has 0 aliphatic carbocycles. The molecule has 120 valence electrons. The lowest BCUT2D eigenvalue weighted by atomic mass is 9.97. The molecule has 0 fully saturated rings. The standard InChI is InChI=1S/C14H18O6P2/c15-21(16,17)9-11(10-22(18,19)20)8-13-6-3-5-12-4-1-2-7-14(12)13/h1-7,11H,8-10H2,(H2,15,16,17)(H2,18,19,20). The molecule has 0 saturated carbocycles. The Labute approximate surface area is 128 Å². The summed E-state index contributed by atoms with van der Waals surface area (Å²) < 4.78 is 22.4. The Bertz CT molecular complexity index is 719. The van der Waals surface area contributed by atoms with Gasteiger partial charge < -0.3 is 19.6 Å². The van der Waals surface area contributed by atoms with Crippen molar-refractivity contribution in [1.82, 2.24) is 0 Å². The van der Waals surface area contributed by atoms with Crippen LogP contribution in [0.3, 0.4) is 0 Å². The molecular formula is C14H18O6P2. The average Bonchev–Trinajstić information content (AvgIpc) is 2.35. The number of rotatable bonds is 6. The Hall–Kier alpha value is -1.00. The van der Waals surface area contributed by atoms with E-state index in [1.165, 1.54) is 0 Å². The Balaban J connectivity index is 2.32. The third-order valence-corrected chi connectivity index (χ3v) is 5.36. The van der Waals surface area contributed by atoms with E-state index in [1.807, 2.05) is 42.5 Å². The summed E-state index contributed by atoms with van der Waals surface area (Å²) in [5.74, 6) is -0.785. The third kappa shape index (κ3) is 5.33. The van der Waals surface area contributed by atoms with Crippen LogP contribution in [0.2, 0.25) is 0 Å². The van der Waals surface area contributed by atoms with Gasteiger partial charge >= 0.3 is 15.2 Å². The molecule has 0 unspecified atom stereocenters. The molecule has 0 saturated heterocycles. The van der Waals surface area contributed by atoms with Crippen molar-refractivity contribution in [3.05, 3.63) is 48.0 Å². The maximum atomic E-state index is 11.2. The van der Waals surface area contributed by atoms with E-state index in [9.17, 15) is 9.13 Å². The molecular weight excluding hydrogens is 326 g/mol. The molecule has 0 aliphatic rings. The smallest absolute Gasteiger partial charge is 0.324 e. The van der Waals surface area contributed by atoms with Crippen LogP contribution in [0, 0.1) is 5.92 Å². The van der Waals surface area contributed by atoms with Gasteiger partial charge in [-0.2, -0.15) is 0 Å². The highest BCUT2D eigenvalue weighted by Crippen LogP contribution is 2.44. The van der Waals surface area contributed by atoms with Crippen LogP contribution in [-0.4, -0.2) is 31.9 Å². The Morgan fingerprint density at radius 1 is 0.818 bits per heavy atom. The number of hydrogen-bond acceptors (Lipinski definition) is 2. The molecule has 0 spiro atoms. The predicted octanol–water partition coefficient (Wildman–Crippen LogP) is 2.35. The molecule has 8 heteroatoms. The quantitative estimate of drug-likeness (QED) is 0.598. The van der Waals surface area contributed by atoms with Gasteiger partial charge in [0.2, 0.25) is 0 Å². The Morgan fingerprint density at radius 2 is 1.36 bits per heavy atom. The Morgan fingerprint density at radius 3 is 1.95 bits per heavy atom. The van der Waals surface area contributed by atoms with Crippen LogP contribution in [0.15, 0.2) is 42.5 Å². The molecule has 6 nitrogen and oxygen atoms in total. The zero-order valence-electron chi connectivity index (χ0n) is 11.7. The van der Waals surface area contributed by atoms with Crippen LogP contribution in [0.25, 0.3) is 10.8 Å². The zero-order valence-corrected chi connectivity index (χ0v) is 13.5. The Kier molecular flexibility index (Phi) is 5.23. The van der Waals surface area contributed by atoms with Crippen LogP contribution in [-0.2, 0) is 15.6 Å². The summed E-state index contributed by atoms with van der Waals surface area (Å²) in [6, 6.07) is 13.1. The van der Waals surface area contributed by atoms with Crippen molar-refractivity contribution in [2.75, 3.05) is 12.3 Å². The lowest BCUT2D eigenvalue weighted by Gasteiger charge is -2.19. The van der Waals surface area contributed by atoms with Crippen molar-refractivity contribution in [3.63, 3.8) is 0 Å². The summed E-state index contributed by atoms with van der Waals surface area (Å²) in [6.45, 7) is 0. The van der Waals surface area contributed by atoms with E-state index in [4.69, 9.17) is 19.6 Å². The zero-order chi connectivity index (χ0) is 16.4. The number of fused-ring (bicyclic) bond motifs is 1. The fourth-order valence-electron chi connectivity index (χ4n) is 2.64. The van der Waals surface area contributed by atoms with Gasteiger partial charge in [-0.05, 0) is 28.7 Å². The van der Waals surface area contributed by atoms with Gasteiger partial charge in [0.25, 0.3) is 0 Å². The summed E-state index contributed by atoms with van der Waals surface area (Å²) in [7, 11) is -8.70. The van der Waals surface area contributed by atoms with E-state index in [1.54, 1.807) is 0 Å². The van der Waals surface area contributed by atoms with Crippen molar-refractivity contribution < 1.29 is 28.7 Å². The van der Waals surface area contributed by atoms with E-state index in [-0.39, 0.29) is 6.42 Å². The average molecular weight is 344 g/mol. The maximum absolute atomic E-state index is 11.2. The second-order valence-electron chi connectivity index (χ2n) is 5.40. The van der Waals surface area contributed by atoms with Gasteiger partial charge in [0.1, 0.15) is 0 Å². The van der Waals surface area contributed by atoms with Crippen LogP contribution < -0.4 is 0 Å². The SMILES string of the molecule is O=P(O)(O)CC(Cc1cccc2ccccc12)CP(=O)(O)O. The first-order chi connectivity index (χ1) is 10.1. The monoisotopic (exact) mass is 344 g/mol. The van der Waals surface area contributed by atoms with E-state index in [0.717, 1.165) is 16.3 Å². The molecule has 0 amide bonds. The summed E-state index contributed by atoms with van der Waals surface area (Å²) >= 11 is 0. The molecule has 0 bridgehead atoms. The molecule has 2 aromatic carbocycles. The molecule has 0 aliphatic heterocycles. The second-order valence-corrected chi connectivity index (χ2v) is 8.79. The minimum absolute atomic E-state index is 0.206. The molecule has 0 heterocycles.